The van der Waals surface area contributed by atoms with Crippen molar-refractivity contribution < 1.29 is 9.94 Å². The first-order valence-corrected chi connectivity index (χ1v) is 11.6. The number of aliphatic hydroxyl groups is 1. The zero-order valence-electron chi connectivity index (χ0n) is 17.8. The molecule has 0 spiro atoms. The molecule has 164 valence electrons. The van der Waals surface area contributed by atoms with E-state index >= 15 is 0 Å². The number of aromatic nitrogens is 1. The molecule has 4 rings (SSSR count). The Kier molecular flexibility index (Phi) is 7.64. The van der Waals surface area contributed by atoms with Gasteiger partial charge in [-0.1, -0.05) is 91.0 Å². The molecule has 4 aromatic rings. The van der Waals surface area contributed by atoms with Gasteiger partial charge in [0.05, 0.1) is 18.8 Å². The van der Waals surface area contributed by atoms with Crippen LogP contribution in [0.15, 0.2) is 96.4 Å². The molecule has 0 aliphatic carbocycles. The maximum atomic E-state index is 8.85. The van der Waals surface area contributed by atoms with Crippen molar-refractivity contribution in [2.45, 2.75) is 18.5 Å². The highest BCUT2D eigenvalue weighted by Gasteiger charge is 2.37. The topological polar surface area (TPSA) is 66.4 Å². The summed E-state index contributed by atoms with van der Waals surface area (Å²) in [5.41, 5.74) is 6.63. The quantitative estimate of drug-likeness (QED) is 0.173. The van der Waals surface area contributed by atoms with Crippen molar-refractivity contribution in [3.05, 3.63) is 119 Å². The van der Waals surface area contributed by atoms with Gasteiger partial charge in [0.15, 0.2) is 5.13 Å². The van der Waals surface area contributed by atoms with Crippen LogP contribution < -0.4 is 10.8 Å². The van der Waals surface area contributed by atoms with Gasteiger partial charge in [-0.25, -0.2) is 4.98 Å². The number of anilines is 1. The van der Waals surface area contributed by atoms with E-state index in [-0.39, 0.29) is 6.61 Å². The van der Waals surface area contributed by atoms with Gasteiger partial charge in [0.25, 0.3) is 0 Å². The zero-order valence-corrected chi connectivity index (χ0v) is 18.6. The lowest BCUT2D eigenvalue weighted by Gasteiger charge is -2.36. The van der Waals surface area contributed by atoms with Crippen LogP contribution in [-0.4, -0.2) is 23.3 Å². The molecule has 0 unspecified atom stereocenters. The number of hydroxylamine groups is 1. The van der Waals surface area contributed by atoms with Crippen LogP contribution in [0.5, 0.6) is 0 Å². The van der Waals surface area contributed by atoms with Gasteiger partial charge in [-0.15, -0.1) is 11.3 Å². The third kappa shape index (κ3) is 5.06. The summed E-state index contributed by atoms with van der Waals surface area (Å²) < 4.78 is 0. The fraction of sp³-hybridized carbons (Fsp3) is 0.192. The summed E-state index contributed by atoms with van der Waals surface area (Å²) in [6, 6.07) is 31.4. The van der Waals surface area contributed by atoms with Crippen molar-refractivity contribution in [2.75, 3.05) is 18.5 Å². The second kappa shape index (κ2) is 11.0. The molecule has 3 aromatic carbocycles. The normalized spacial score (nSPS) is 11.4. The summed E-state index contributed by atoms with van der Waals surface area (Å²) >= 11 is 1.57. The average molecular weight is 446 g/mol. The molecule has 1 aromatic heterocycles. The van der Waals surface area contributed by atoms with Crippen molar-refractivity contribution in [3.63, 3.8) is 0 Å². The summed E-state index contributed by atoms with van der Waals surface area (Å²) in [4.78, 5) is 10.1. The highest BCUT2D eigenvalue weighted by molar-refractivity contribution is 7.13. The van der Waals surface area contributed by atoms with Crippen LogP contribution in [0.25, 0.3) is 0 Å². The summed E-state index contributed by atoms with van der Waals surface area (Å²) in [5.74, 6) is 0. The Labute approximate surface area is 192 Å². The number of nitrogens with zero attached hydrogens (tertiary/aromatic N) is 1. The number of hydrogen-bond acceptors (Lipinski definition) is 6. The number of benzene rings is 3. The van der Waals surface area contributed by atoms with Crippen molar-refractivity contribution >= 4 is 16.5 Å². The molecule has 0 bridgehead atoms. The molecule has 32 heavy (non-hydrogen) atoms. The van der Waals surface area contributed by atoms with E-state index in [0.717, 1.165) is 27.5 Å². The molecule has 6 heteroatoms. The van der Waals surface area contributed by atoms with Gasteiger partial charge in [-0.2, -0.15) is 5.48 Å². The summed E-state index contributed by atoms with van der Waals surface area (Å²) in [6.07, 6.45) is 0.602. The molecule has 3 N–H and O–H groups in total. The van der Waals surface area contributed by atoms with E-state index in [2.05, 4.69) is 83.6 Å². The molecule has 0 amide bonds. The van der Waals surface area contributed by atoms with E-state index in [0.29, 0.717) is 19.6 Å². The Hall–Kier alpha value is -3.03. The van der Waals surface area contributed by atoms with Crippen molar-refractivity contribution in [2.24, 2.45) is 0 Å². The van der Waals surface area contributed by atoms with Gasteiger partial charge in [-0.3, -0.25) is 0 Å². The minimum atomic E-state index is -0.593. The van der Waals surface area contributed by atoms with Gasteiger partial charge in [0.1, 0.15) is 5.54 Å². The molecule has 0 saturated heterocycles. The van der Waals surface area contributed by atoms with Crippen LogP contribution in [0.3, 0.4) is 0 Å². The third-order valence-electron chi connectivity index (χ3n) is 5.23. The molecule has 0 aliphatic heterocycles. The highest BCUT2D eigenvalue weighted by Crippen LogP contribution is 2.40. The number of nitrogens with one attached hydrogen (secondary N) is 2. The lowest BCUT2D eigenvalue weighted by molar-refractivity contribution is 0.0277. The largest absolute Gasteiger partial charge is 0.396 e. The lowest BCUT2D eigenvalue weighted by atomic mass is 9.77. The Morgan fingerprint density at radius 1 is 0.812 bits per heavy atom. The minimum Gasteiger partial charge on any atom is -0.396 e. The van der Waals surface area contributed by atoms with Gasteiger partial charge in [0, 0.05) is 12.0 Å². The highest BCUT2D eigenvalue weighted by atomic mass is 32.1. The lowest BCUT2D eigenvalue weighted by Crippen LogP contribution is -2.38. The van der Waals surface area contributed by atoms with Crippen LogP contribution in [0.4, 0.5) is 5.13 Å². The molecule has 1 heterocycles. The van der Waals surface area contributed by atoms with Crippen LogP contribution in [-0.2, 0) is 16.9 Å². The molecule has 5 nitrogen and oxygen atoms in total. The number of hydrogen-bond donors (Lipinski definition) is 3. The Morgan fingerprint density at radius 2 is 1.34 bits per heavy atom. The Balaban J connectivity index is 1.70. The maximum Gasteiger partial charge on any atom is 0.184 e. The maximum absolute atomic E-state index is 8.85. The van der Waals surface area contributed by atoms with Crippen LogP contribution >= 0.6 is 11.3 Å². The van der Waals surface area contributed by atoms with E-state index < -0.39 is 5.54 Å². The first kappa shape index (κ1) is 22.2. The van der Waals surface area contributed by atoms with Crippen LogP contribution in [0.1, 0.15) is 28.8 Å². The second-order valence-corrected chi connectivity index (χ2v) is 8.22. The average Bonchev–Trinajstić information content (AvgIpc) is 3.31. The van der Waals surface area contributed by atoms with Gasteiger partial charge in [-0.05, 0) is 23.1 Å². The fourth-order valence-corrected chi connectivity index (χ4v) is 4.49. The SMILES string of the molecule is OCCCONCc1csc(NC(c2ccccc2)(c2ccccc2)c2ccccc2)n1. The molecule has 0 saturated carbocycles. The summed E-state index contributed by atoms with van der Waals surface area (Å²) in [6.45, 7) is 1.08. The Bertz CT molecular complexity index is 975. The van der Waals surface area contributed by atoms with Gasteiger partial charge < -0.3 is 15.3 Å². The van der Waals surface area contributed by atoms with Crippen LogP contribution in [0, 0.1) is 0 Å². The monoisotopic (exact) mass is 445 g/mol. The summed E-state index contributed by atoms with van der Waals surface area (Å²) in [7, 11) is 0. The minimum absolute atomic E-state index is 0.118. The van der Waals surface area contributed by atoms with Crippen molar-refractivity contribution in [3.8, 4) is 0 Å². The van der Waals surface area contributed by atoms with E-state index in [9.17, 15) is 0 Å². The van der Waals surface area contributed by atoms with Crippen molar-refractivity contribution in [1.82, 2.24) is 10.5 Å². The molecular weight excluding hydrogens is 418 g/mol. The molecule has 0 fully saturated rings. The first-order valence-electron chi connectivity index (χ1n) is 10.7. The number of thiazole rings is 1. The molecule has 0 atom stereocenters. The van der Waals surface area contributed by atoms with E-state index in [1.807, 2.05) is 23.6 Å². The number of aliphatic hydroxyl groups excluding tert-OH is 1. The van der Waals surface area contributed by atoms with Crippen molar-refractivity contribution in [1.29, 1.82) is 0 Å². The second-order valence-electron chi connectivity index (χ2n) is 7.36. The number of rotatable bonds is 11. The zero-order chi connectivity index (χ0) is 22.1. The Morgan fingerprint density at radius 3 is 1.84 bits per heavy atom. The summed E-state index contributed by atoms with van der Waals surface area (Å²) in [5, 5.41) is 15.5. The van der Waals surface area contributed by atoms with E-state index in [1.54, 1.807) is 11.3 Å². The molecule has 0 aliphatic rings. The van der Waals surface area contributed by atoms with Crippen LogP contribution in [0.2, 0.25) is 0 Å². The predicted molar refractivity (Wildman–Crippen MR) is 129 cm³/mol. The fourth-order valence-electron chi connectivity index (χ4n) is 3.72. The molecular formula is C26H27N3O2S. The smallest absolute Gasteiger partial charge is 0.184 e. The van der Waals surface area contributed by atoms with E-state index in [1.165, 1.54) is 0 Å². The third-order valence-corrected chi connectivity index (χ3v) is 6.03. The van der Waals surface area contributed by atoms with Gasteiger partial charge in [0.2, 0.25) is 0 Å². The van der Waals surface area contributed by atoms with Gasteiger partial charge >= 0.3 is 0 Å². The van der Waals surface area contributed by atoms with E-state index in [4.69, 9.17) is 14.9 Å². The predicted octanol–water partition coefficient (Wildman–Crippen LogP) is 4.95. The standard InChI is InChI=1S/C26H27N3O2S/c30-17-10-18-31-27-19-24-20-32-25(28-24)29-26(21-11-4-1-5-12-21,22-13-6-2-7-14-22)23-15-8-3-9-16-23/h1-9,11-16,20,27,30H,10,17-19H2,(H,28,29). The first-order chi connectivity index (χ1) is 15.8. The molecule has 0 radical (unpaired) electrons.